The monoisotopic (exact) mass is 375 g/mol. The molecule has 0 radical (unpaired) electrons. The summed E-state index contributed by atoms with van der Waals surface area (Å²) >= 11 is 0. The van der Waals surface area contributed by atoms with E-state index in [2.05, 4.69) is 0 Å². The molecule has 0 fully saturated rings. The van der Waals surface area contributed by atoms with Crippen molar-refractivity contribution in [2.24, 2.45) is 34.4 Å². The summed E-state index contributed by atoms with van der Waals surface area (Å²) in [6.07, 6.45) is 0. The molecule has 0 atom stereocenters. The molecule has 0 heterocycles. The topological polar surface area (TPSA) is 156 Å². The fraction of sp³-hybridized carbons (Fsp3) is 1.00. The van der Waals surface area contributed by atoms with Crippen LogP contribution in [0.5, 0.6) is 0 Å². The summed E-state index contributed by atoms with van der Waals surface area (Å²) in [5, 5.41) is 0. The SMILES string of the molecule is NCCN.NCCN.NCCN.[Pt+4]. The summed E-state index contributed by atoms with van der Waals surface area (Å²) in [6.45, 7) is 3.58. The van der Waals surface area contributed by atoms with Gasteiger partial charge >= 0.3 is 21.1 Å². The van der Waals surface area contributed by atoms with Gasteiger partial charge in [-0.3, -0.25) is 0 Å². The number of hydrogen-bond acceptors (Lipinski definition) is 6. The maximum atomic E-state index is 4.90. The Labute approximate surface area is 95.0 Å². The van der Waals surface area contributed by atoms with Gasteiger partial charge in [-0.1, -0.05) is 0 Å². The van der Waals surface area contributed by atoms with Crippen molar-refractivity contribution >= 4 is 0 Å². The minimum absolute atomic E-state index is 0. The van der Waals surface area contributed by atoms with Crippen LogP contribution in [0.3, 0.4) is 0 Å². The molecular weight excluding hydrogens is 351 g/mol. The minimum atomic E-state index is 0. The summed E-state index contributed by atoms with van der Waals surface area (Å²) in [6, 6.07) is 0. The van der Waals surface area contributed by atoms with E-state index in [0.29, 0.717) is 39.3 Å². The van der Waals surface area contributed by atoms with Crippen molar-refractivity contribution in [1.82, 2.24) is 0 Å². The van der Waals surface area contributed by atoms with E-state index in [-0.39, 0.29) is 21.1 Å². The van der Waals surface area contributed by atoms with Crippen molar-refractivity contribution in [3.05, 3.63) is 0 Å². The summed E-state index contributed by atoms with van der Waals surface area (Å²) < 4.78 is 0. The first-order chi connectivity index (χ1) is 5.74. The first-order valence-electron chi connectivity index (χ1n) is 3.95. The van der Waals surface area contributed by atoms with Crippen LogP contribution in [-0.4, -0.2) is 39.3 Å². The maximum absolute atomic E-state index is 4.90. The van der Waals surface area contributed by atoms with Gasteiger partial charge in [0.1, 0.15) is 0 Å². The second-order valence-corrected chi connectivity index (χ2v) is 1.73. The Hall–Kier alpha value is 0.448. The molecule has 0 aliphatic carbocycles. The van der Waals surface area contributed by atoms with Gasteiger partial charge in [0.2, 0.25) is 0 Å². The Balaban J connectivity index is -0.0000000450. The van der Waals surface area contributed by atoms with Crippen LogP contribution < -0.4 is 34.4 Å². The molecule has 12 N–H and O–H groups in total. The quantitative estimate of drug-likeness (QED) is 0.304. The normalized spacial score (nSPS) is 6.92. The van der Waals surface area contributed by atoms with Crippen LogP contribution in [0.4, 0.5) is 0 Å². The molecule has 0 aromatic carbocycles. The van der Waals surface area contributed by atoms with Crippen LogP contribution in [0.2, 0.25) is 0 Å². The summed E-state index contributed by atoms with van der Waals surface area (Å²) in [4.78, 5) is 0. The average molecular weight is 375 g/mol. The van der Waals surface area contributed by atoms with Crippen LogP contribution in [-0.2, 0) is 21.1 Å². The van der Waals surface area contributed by atoms with E-state index >= 15 is 0 Å². The van der Waals surface area contributed by atoms with Crippen molar-refractivity contribution < 1.29 is 21.1 Å². The molecule has 0 saturated heterocycles. The van der Waals surface area contributed by atoms with E-state index in [4.69, 9.17) is 34.4 Å². The van der Waals surface area contributed by atoms with E-state index in [9.17, 15) is 0 Å². The molecule has 84 valence electrons. The van der Waals surface area contributed by atoms with Gasteiger partial charge < -0.3 is 34.4 Å². The van der Waals surface area contributed by atoms with Crippen molar-refractivity contribution in [1.29, 1.82) is 0 Å². The molecule has 0 saturated carbocycles. The van der Waals surface area contributed by atoms with E-state index < -0.39 is 0 Å². The van der Waals surface area contributed by atoms with Gasteiger partial charge in [0.15, 0.2) is 0 Å². The van der Waals surface area contributed by atoms with E-state index in [0.717, 1.165) is 0 Å². The van der Waals surface area contributed by atoms with Crippen molar-refractivity contribution in [2.45, 2.75) is 0 Å². The van der Waals surface area contributed by atoms with Crippen molar-refractivity contribution in [3.8, 4) is 0 Å². The van der Waals surface area contributed by atoms with E-state index in [1.165, 1.54) is 0 Å². The third-order valence-corrected chi connectivity index (χ3v) is 0.500. The van der Waals surface area contributed by atoms with Gasteiger partial charge in [-0.25, -0.2) is 0 Å². The summed E-state index contributed by atoms with van der Waals surface area (Å²) in [5.74, 6) is 0. The standard InChI is InChI=1S/3C2H8N2.Pt/c3*3-1-2-4;/h3*1-4H2;/q;;;+4. The van der Waals surface area contributed by atoms with Gasteiger partial charge in [-0.05, 0) is 0 Å². The van der Waals surface area contributed by atoms with Crippen molar-refractivity contribution in [2.75, 3.05) is 39.3 Å². The molecule has 0 aliphatic heterocycles. The second-order valence-electron chi connectivity index (χ2n) is 1.73. The summed E-state index contributed by atoms with van der Waals surface area (Å²) in [5.41, 5.74) is 29.4. The molecule has 0 aromatic rings. The molecule has 0 aromatic heterocycles. The molecule has 13 heavy (non-hydrogen) atoms. The summed E-state index contributed by atoms with van der Waals surface area (Å²) in [7, 11) is 0. The molecule has 0 bridgehead atoms. The second kappa shape index (κ2) is 39.2. The van der Waals surface area contributed by atoms with Gasteiger partial charge in [0.05, 0.1) is 0 Å². The molecule has 0 amide bonds. The number of rotatable bonds is 3. The predicted octanol–water partition coefficient (Wildman–Crippen LogP) is -3.29. The Morgan fingerprint density at radius 2 is 0.462 bits per heavy atom. The molecule has 0 spiro atoms. The average Bonchev–Trinajstić information content (AvgIpc) is 2.18. The zero-order valence-electron chi connectivity index (χ0n) is 8.02. The molecule has 7 heteroatoms. The molecular formula is C6H24N6Pt+4. The van der Waals surface area contributed by atoms with Crippen LogP contribution in [0.1, 0.15) is 0 Å². The smallest absolute Gasteiger partial charge is 0.329 e. The van der Waals surface area contributed by atoms with Gasteiger partial charge in [-0.2, -0.15) is 0 Å². The molecule has 6 nitrogen and oxygen atoms in total. The third-order valence-electron chi connectivity index (χ3n) is 0.500. The van der Waals surface area contributed by atoms with Crippen LogP contribution >= 0.6 is 0 Å². The van der Waals surface area contributed by atoms with Crippen LogP contribution in [0, 0.1) is 0 Å². The maximum Gasteiger partial charge on any atom is 4.00 e. The number of hydrogen-bond donors (Lipinski definition) is 6. The van der Waals surface area contributed by atoms with Crippen molar-refractivity contribution in [3.63, 3.8) is 0 Å². The Morgan fingerprint density at radius 1 is 0.385 bits per heavy atom. The Bertz CT molecular complexity index is 32.6. The zero-order valence-corrected chi connectivity index (χ0v) is 10.3. The van der Waals surface area contributed by atoms with E-state index in [1.54, 1.807) is 0 Å². The molecule has 0 aliphatic rings. The van der Waals surface area contributed by atoms with Gasteiger partial charge in [0.25, 0.3) is 0 Å². The van der Waals surface area contributed by atoms with Crippen LogP contribution in [0.25, 0.3) is 0 Å². The predicted molar refractivity (Wildman–Crippen MR) is 54.3 cm³/mol. The molecule has 0 rings (SSSR count). The number of nitrogens with two attached hydrogens (primary N) is 6. The van der Waals surface area contributed by atoms with Crippen LogP contribution in [0.15, 0.2) is 0 Å². The first-order valence-corrected chi connectivity index (χ1v) is 3.95. The third kappa shape index (κ3) is 114. The Morgan fingerprint density at radius 3 is 0.462 bits per heavy atom. The fourth-order valence-electron chi connectivity index (χ4n) is 0. The minimum Gasteiger partial charge on any atom is -0.329 e. The van der Waals surface area contributed by atoms with Gasteiger partial charge in [0, 0.05) is 39.3 Å². The van der Waals surface area contributed by atoms with Gasteiger partial charge in [-0.15, -0.1) is 0 Å². The van der Waals surface area contributed by atoms with E-state index in [1.807, 2.05) is 0 Å². The fourth-order valence-corrected chi connectivity index (χ4v) is 0. The molecule has 0 unspecified atom stereocenters. The largest absolute Gasteiger partial charge is 4.00 e. The zero-order chi connectivity index (χ0) is 10.2. The Kier molecular flexibility index (Phi) is 70.5. The first kappa shape index (κ1) is 23.3.